The van der Waals surface area contributed by atoms with Crippen molar-refractivity contribution in [2.45, 2.75) is 5.60 Å². The average Bonchev–Trinajstić information content (AvgIpc) is 2.99. The number of fused-ring (bicyclic) bond motifs is 1. The van der Waals surface area contributed by atoms with Crippen molar-refractivity contribution < 1.29 is 13.9 Å². The predicted molar refractivity (Wildman–Crippen MR) is 94.5 cm³/mol. The van der Waals surface area contributed by atoms with Gasteiger partial charge in [0.15, 0.2) is 11.4 Å². The van der Waals surface area contributed by atoms with Crippen molar-refractivity contribution >= 4 is 11.0 Å². The summed E-state index contributed by atoms with van der Waals surface area (Å²) >= 11 is 0. The first-order valence-corrected chi connectivity index (χ1v) is 8.09. The number of nitrogens with zero attached hydrogens (tertiary/aromatic N) is 2. The van der Waals surface area contributed by atoms with Gasteiger partial charge in [-0.05, 0) is 30.3 Å². The van der Waals surface area contributed by atoms with Crippen LogP contribution in [0, 0.1) is 17.7 Å². The Kier molecular flexibility index (Phi) is 3.81. The normalized spacial score (nSPS) is 11.8. The molecule has 3 aromatic carbocycles. The molecule has 1 radical (unpaired) electrons. The molecular weight excluding hydrogens is 334 g/mol. The molecule has 3 nitrogen and oxygen atoms in total. The zero-order valence-electron chi connectivity index (χ0n) is 13.9. The topological polar surface area (TPSA) is 38.0 Å². The second-order valence-corrected chi connectivity index (χ2v) is 6.08. The summed E-state index contributed by atoms with van der Waals surface area (Å²) in [6, 6.07) is 19.7. The molecule has 0 spiro atoms. The minimum atomic E-state index is -2.09. The molecule has 4 aromatic rings. The van der Waals surface area contributed by atoms with Gasteiger partial charge in [-0.15, -0.1) is 0 Å². The van der Waals surface area contributed by atoms with Crippen molar-refractivity contribution in [1.82, 2.24) is 9.55 Å². The van der Waals surface area contributed by atoms with E-state index in [2.05, 4.69) is 11.1 Å². The van der Waals surface area contributed by atoms with Crippen LogP contribution >= 0.6 is 0 Å². The van der Waals surface area contributed by atoms with E-state index in [1.807, 2.05) is 0 Å². The zero-order valence-corrected chi connectivity index (χ0v) is 13.9. The molecule has 0 saturated heterocycles. The molecule has 0 saturated carbocycles. The zero-order chi connectivity index (χ0) is 18.3. The Labute approximate surface area is 149 Å². The van der Waals surface area contributed by atoms with Gasteiger partial charge in [-0.1, -0.05) is 42.5 Å². The second-order valence-electron chi connectivity index (χ2n) is 6.08. The number of hydrogen-bond acceptors (Lipinski definition) is 2. The molecule has 0 aliphatic rings. The van der Waals surface area contributed by atoms with E-state index in [0.29, 0.717) is 11.0 Å². The molecule has 1 aromatic heterocycles. The molecule has 5 heteroatoms. The Morgan fingerprint density at radius 1 is 0.962 bits per heavy atom. The van der Waals surface area contributed by atoms with Crippen LogP contribution in [0.5, 0.6) is 0 Å². The summed E-state index contributed by atoms with van der Waals surface area (Å²) in [6.45, 7) is 0. The third-order valence-electron chi connectivity index (χ3n) is 4.58. The number of benzene rings is 3. The molecule has 0 aliphatic carbocycles. The molecule has 1 N–H and O–H groups in total. The van der Waals surface area contributed by atoms with Gasteiger partial charge in [0.2, 0.25) is 0 Å². The summed E-state index contributed by atoms with van der Waals surface area (Å²) in [6.07, 6.45) is 0. The number of rotatable bonds is 3. The third-order valence-corrected chi connectivity index (χ3v) is 4.58. The van der Waals surface area contributed by atoms with E-state index in [4.69, 9.17) is 0 Å². The highest BCUT2D eigenvalue weighted by Gasteiger charge is 2.42. The molecule has 0 unspecified atom stereocenters. The highest BCUT2D eigenvalue weighted by molar-refractivity contribution is 5.76. The van der Waals surface area contributed by atoms with Crippen molar-refractivity contribution in [2.75, 3.05) is 0 Å². The van der Waals surface area contributed by atoms with Gasteiger partial charge in [-0.2, -0.15) is 0 Å². The number of imidazole rings is 1. The van der Waals surface area contributed by atoms with Gasteiger partial charge >= 0.3 is 0 Å². The van der Waals surface area contributed by atoms with E-state index in [-0.39, 0.29) is 17.0 Å². The maximum absolute atomic E-state index is 14.6. The standard InChI is InChI=1S/C21H15F2N2O/c1-25-19-13-7-6-12-18(19)24-20(25)21(26,14-8-2-4-10-16(14)22)15-9-3-5-11-17(15)23/h2-6,8-13,26H,1H3. The quantitative estimate of drug-likeness (QED) is 0.608. The van der Waals surface area contributed by atoms with Crippen molar-refractivity contribution in [3.8, 4) is 0 Å². The Bertz CT molecular complexity index is 1060. The number of aliphatic hydroxyl groups is 1. The summed E-state index contributed by atoms with van der Waals surface area (Å²) in [4.78, 5) is 4.48. The van der Waals surface area contributed by atoms with Crippen LogP contribution in [0.4, 0.5) is 8.78 Å². The molecule has 0 bridgehead atoms. The molecule has 0 atom stereocenters. The van der Waals surface area contributed by atoms with Crippen LogP contribution in [0.1, 0.15) is 17.0 Å². The van der Waals surface area contributed by atoms with E-state index >= 15 is 0 Å². The van der Waals surface area contributed by atoms with Gasteiger partial charge < -0.3 is 9.67 Å². The molecule has 0 aliphatic heterocycles. The Morgan fingerprint density at radius 3 is 2.08 bits per heavy atom. The van der Waals surface area contributed by atoms with Crippen LogP contribution in [0.25, 0.3) is 11.0 Å². The van der Waals surface area contributed by atoms with Crippen LogP contribution < -0.4 is 0 Å². The number of aryl methyl sites for hydroxylation is 1. The highest BCUT2D eigenvalue weighted by atomic mass is 19.1. The van der Waals surface area contributed by atoms with E-state index < -0.39 is 17.2 Å². The molecule has 129 valence electrons. The third kappa shape index (κ3) is 2.32. The number of aromatic nitrogens is 2. The van der Waals surface area contributed by atoms with Crippen molar-refractivity contribution in [2.24, 2.45) is 7.05 Å². The van der Waals surface area contributed by atoms with Gasteiger partial charge in [0.1, 0.15) is 11.6 Å². The lowest BCUT2D eigenvalue weighted by Crippen LogP contribution is -2.34. The van der Waals surface area contributed by atoms with Gasteiger partial charge in [0.25, 0.3) is 0 Å². The van der Waals surface area contributed by atoms with Crippen LogP contribution in [-0.2, 0) is 12.6 Å². The monoisotopic (exact) mass is 349 g/mol. The van der Waals surface area contributed by atoms with E-state index in [1.165, 1.54) is 36.4 Å². The van der Waals surface area contributed by atoms with Gasteiger partial charge in [-0.3, -0.25) is 0 Å². The average molecular weight is 349 g/mol. The lowest BCUT2D eigenvalue weighted by molar-refractivity contribution is 0.104. The largest absolute Gasteiger partial charge is 0.373 e. The van der Waals surface area contributed by atoms with E-state index in [1.54, 1.807) is 41.9 Å². The first kappa shape index (κ1) is 16.4. The van der Waals surface area contributed by atoms with Crippen molar-refractivity contribution in [3.63, 3.8) is 0 Å². The minimum Gasteiger partial charge on any atom is -0.373 e. The van der Waals surface area contributed by atoms with Crippen LogP contribution in [0.2, 0.25) is 0 Å². The summed E-state index contributed by atoms with van der Waals surface area (Å²) < 4.78 is 30.9. The van der Waals surface area contributed by atoms with Crippen LogP contribution in [-0.4, -0.2) is 14.7 Å². The maximum Gasteiger partial charge on any atom is 0.178 e. The van der Waals surface area contributed by atoms with Gasteiger partial charge in [-0.25, -0.2) is 13.8 Å². The van der Waals surface area contributed by atoms with Gasteiger partial charge in [0, 0.05) is 18.2 Å². The summed E-state index contributed by atoms with van der Waals surface area (Å²) in [5, 5.41) is 11.7. The molecular formula is C21H15F2N2O. The smallest absolute Gasteiger partial charge is 0.178 e. The van der Waals surface area contributed by atoms with Crippen LogP contribution in [0.3, 0.4) is 0 Å². The SMILES string of the molecule is Cn1c(C(O)(c2ccccc2F)c2ccccc2F)nc2cc[c]cc21. The first-order valence-electron chi connectivity index (χ1n) is 8.09. The van der Waals surface area contributed by atoms with Crippen LogP contribution in [0.15, 0.2) is 66.7 Å². The lowest BCUT2D eigenvalue weighted by Gasteiger charge is -2.29. The Hall–Kier alpha value is -3.05. The van der Waals surface area contributed by atoms with Crippen molar-refractivity contribution in [3.05, 3.63) is 101 Å². The fourth-order valence-corrected chi connectivity index (χ4v) is 3.30. The molecule has 0 amide bonds. The lowest BCUT2D eigenvalue weighted by atomic mass is 9.84. The second kappa shape index (κ2) is 6.04. The molecule has 0 fully saturated rings. The van der Waals surface area contributed by atoms with Gasteiger partial charge in [0.05, 0.1) is 11.0 Å². The number of hydrogen-bond donors (Lipinski definition) is 1. The van der Waals surface area contributed by atoms with Crippen molar-refractivity contribution in [1.29, 1.82) is 0 Å². The Morgan fingerprint density at radius 2 is 1.54 bits per heavy atom. The summed E-state index contributed by atoms with van der Waals surface area (Å²) in [5.74, 6) is -1.16. The fourth-order valence-electron chi connectivity index (χ4n) is 3.30. The predicted octanol–water partition coefficient (Wildman–Crippen LogP) is 3.94. The molecule has 4 rings (SSSR count). The fraction of sp³-hybridized carbons (Fsp3) is 0.0952. The summed E-state index contributed by atoms with van der Waals surface area (Å²) in [7, 11) is 1.70. The van der Waals surface area contributed by atoms with E-state index in [9.17, 15) is 13.9 Å². The Balaban J connectivity index is 2.11. The molecule has 26 heavy (non-hydrogen) atoms. The number of halogens is 2. The minimum absolute atomic E-state index is 0.0625. The molecule has 1 heterocycles. The first-order chi connectivity index (χ1) is 12.5. The maximum atomic E-state index is 14.6. The highest BCUT2D eigenvalue weighted by Crippen LogP contribution is 2.39. The summed E-state index contributed by atoms with van der Waals surface area (Å²) in [5.41, 5.74) is -0.911. The van der Waals surface area contributed by atoms with E-state index in [0.717, 1.165) is 0 Å².